The number of rotatable bonds is 4. The van der Waals surface area contributed by atoms with Gasteiger partial charge in [-0.05, 0) is 61.2 Å². The molecule has 1 aliphatic rings. The molecule has 0 spiro atoms. The maximum absolute atomic E-state index is 12.9. The molecule has 6 heteroatoms. The van der Waals surface area contributed by atoms with Crippen LogP contribution in [-0.2, 0) is 16.3 Å². The minimum atomic E-state index is -3.57. The van der Waals surface area contributed by atoms with E-state index < -0.39 is 9.84 Å². The molecule has 1 heterocycles. The molecule has 0 saturated heterocycles. The van der Waals surface area contributed by atoms with E-state index in [0.29, 0.717) is 28.6 Å². The fourth-order valence-corrected chi connectivity index (χ4v) is 4.28. The van der Waals surface area contributed by atoms with Crippen LogP contribution in [0, 0.1) is 13.8 Å². The Kier molecular flexibility index (Phi) is 4.96. The number of hydrogen-bond acceptors (Lipinski definition) is 5. The molecule has 138 valence electrons. The topological polar surface area (TPSA) is 64.6 Å². The van der Waals surface area contributed by atoms with Crippen molar-refractivity contribution in [2.45, 2.75) is 25.2 Å². The van der Waals surface area contributed by atoms with Crippen molar-refractivity contribution in [1.29, 1.82) is 0 Å². The van der Waals surface area contributed by atoms with Crippen molar-refractivity contribution < 1.29 is 17.9 Å². The first-order valence-electron chi connectivity index (χ1n) is 8.39. The van der Waals surface area contributed by atoms with Crippen molar-refractivity contribution in [3.63, 3.8) is 0 Å². The molecule has 0 bridgehead atoms. The molecule has 0 saturated carbocycles. The van der Waals surface area contributed by atoms with Crippen LogP contribution in [-0.4, -0.2) is 29.2 Å². The van der Waals surface area contributed by atoms with E-state index >= 15 is 0 Å². The molecule has 1 N–H and O–H groups in total. The maximum atomic E-state index is 12.9. The van der Waals surface area contributed by atoms with Crippen LogP contribution in [0.1, 0.15) is 22.3 Å². The van der Waals surface area contributed by atoms with Gasteiger partial charge in [-0.1, -0.05) is 6.07 Å². The summed E-state index contributed by atoms with van der Waals surface area (Å²) in [6.45, 7) is 4.53. The standard InChI is InChI=1S/C20H23NO4S/c1-13-5-6-16(9-14(13)2)26(22,23)12-18-17-11-20(25-4)19(24-3)10-15(17)7-8-21-18/h5-6,9-12,21H,7-8H2,1-4H3/b18-12-. The number of fused-ring (bicyclic) bond motifs is 1. The van der Waals surface area contributed by atoms with Crippen LogP contribution in [0.3, 0.4) is 0 Å². The first-order valence-corrected chi connectivity index (χ1v) is 9.93. The second-order valence-corrected chi connectivity index (χ2v) is 8.16. The monoisotopic (exact) mass is 373 g/mol. The Labute approximate surface area is 154 Å². The van der Waals surface area contributed by atoms with Crippen LogP contribution in [0.4, 0.5) is 0 Å². The summed E-state index contributed by atoms with van der Waals surface area (Å²) in [6.07, 6.45) is 0.788. The highest BCUT2D eigenvalue weighted by atomic mass is 32.2. The summed E-state index contributed by atoms with van der Waals surface area (Å²) in [5.41, 5.74) is 4.44. The van der Waals surface area contributed by atoms with Gasteiger partial charge < -0.3 is 14.8 Å². The second-order valence-electron chi connectivity index (χ2n) is 6.36. The highest BCUT2D eigenvalue weighted by Gasteiger charge is 2.21. The number of sulfone groups is 1. The maximum Gasteiger partial charge on any atom is 0.201 e. The number of aryl methyl sites for hydroxylation is 2. The minimum absolute atomic E-state index is 0.294. The van der Waals surface area contributed by atoms with Crippen LogP contribution >= 0.6 is 0 Å². The van der Waals surface area contributed by atoms with Gasteiger partial charge in [-0.2, -0.15) is 0 Å². The van der Waals surface area contributed by atoms with Crippen LogP contribution in [0.25, 0.3) is 5.70 Å². The molecule has 3 rings (SSSR count). The number of benzene rings is 2. The van der Waals surface area contributed by atoms with Crippen molar-refractivity contribution in [3.8, 4) is 11.5 Å². The molecule has 0 aromatic heterocycles. The Morgan fingerprint density at radius 1 is 1.00 bits per heavy atom. The smallest absolute Gasteiger partial charge is 0.201 e. The molecule has 0 atom stereocenters. The van der Waals surface area contributed by atoms with Crippen LogP contribution in [0.5, 0.6) is 11.5 Å². The van der Waals surface area contributed by atoms with E-state index in [2.05, 4.69) is 5.32 Å². The lowest BCUT2D eigenvalue weighted by molar-refractivity contribution is 0.354. The van der Waals surface area contributed by atoms with Crippen molar-refractivity contribution in [2.75, 3.05) is 20.8 Å². The summed E-state index contributed by atoms with van der Waals surface area (Å²) in [5.74, 6) is 1.22. The molecule has 0 fully saturated rings. The fraction of sp³-hybridized carbons (Fsp3) is 0.300. The zero-order valence-electron chi connectivity index (χ0n) is 15.4. The average Bonchev–Trinajstić information content (AvgIpc) is 2.62. The molecule has 5 nitrogen and oxygen atoms in total. The Balaban J connectivity index is 2.09. The Hall–Kier alpha value is -2.47. The molecular formula is C20H23NO4S. The van der Waals surface area contributed by atoms with E-state index in [4.69, 9.17) is 9.47 Å². The van der Waals surface area contributed by atoms with Gasteiger partial charge in [0.2, 0.25) is 9.84 Å². The summed E-state index contributed by atoms with van der Waals surface area (Å²) in [6, 6.07) is 8.91. The molecule has 26 heavy (non-hydrogen) atoms. The lowest BCUT2D eigenvalue weighted by Gasteiger charge is -2.23. The van der Waals surface area contributed by atoms with E-state index in [0.717, 1.165) is 28.7 Å². The van der Waals surface area contributed by atoms with Gasteiger partial charge in [0.15, 0.2) is 11.5 Å². The summed E-state index contributed by atoms with van der Waals surface area (Å²) < 4.78 is 36.5. The molecule has 1 aliphatic heterocycles. The predicted octanol–water partition coefficient (Wildman–Crippen LogP) is 3.24. The molecule has 0 amide bonds. The van der Waals surface area contributed by atoms with Crippen LogP contribution in [0.15, 0.2) is 40.6 Å². The highest BCUT2D eigenvalue weighted by Crippen LogP contribution is 2.35. The largest absolute Gasteiger partial charge is 0.493 e. The Morgan fingerprint density at radius 2 is 1.69 bits per heavy atom. The summed E-state index contributed by atoms with van der Waals surface area (Å²) >= 11 is 0. The predicted molar refractivity (Wildman–Crippen MR) is 102 cm³/mol. The highest BCUT2D eigenvalue weighted by molar-refractivity contribution is 7.94. The average molecular weight is 373 g/mol. The van der Waals surface area contributed by atoms with E-state index in [1.54, 1.807) is 26.4 Å². The van der Waals surface area contributed by atoms with Crippen LogP contribution in [0.2, 0.25) is 0 Å². The molecule has 2 aromatic rings. The third-order valence-corrected chi connectivity index (χ3v) is 6.15. The van der Waals surface area contributed by atoms with Crippen molar-refractivity contribution in [1.82, 2.24) is 5.32 Å². The van der Waals surface area contributed by atoms with E-state index in [-0.39, 0.29) is 0 Å². The van der Waals surface area contributed by atoms with Gasteiger partial charge >= 0.3 is 0 Å². The molecule has 0 radical (unpaired) electrons. The molecular weight excluding hydrogens is 350 g/mol. The normalized spacial score (nSPS) is 15.3. The fourth-order valence-electron chi connectivity index (χ4n) is 3.02. The lowest BCUT2D eigenvalue weighted by Crippen LogP contribution is -2.23. The molecule has 2 aromatic carbocycles. The summed E-state index contributed by atoms with van der Waals surface area (Å²) in [4.78, 5) is 0.294. The van der Waals surface area contributed by atoms with E-state index in [1.165, 1.54) is 5.41 Å². The lowest BCUT2D eigenvalue weighted by atomic mass is 9.98. The van der Waals surface area contributed by atoms with Gasteiger partial charge in [0.1, 0.15) is 0 Å². The van der Waals surface area contributed by atoms with Gasteiger partial charge in [0.05, 0.1) is 30.2 Å². The Bertz CT molecular complexity index is 978. The van der Waals surface area contributed by atoms with Gasteiger partial charge in [-0.25, -0.2) is 8.42 Å². The Morgan fingerprint density at radius 3 is 2.35 bits per heavy atom. The quantitative estimate of drug-likeness (QED) is 0.891. The van der Waals surface area contributed by atoms with E-state index in [9.17, 15) is 8.42 Å². The zero-order chi connectivity index (χ0) is 18.9. The van der Waals surface area contributed by atoms with Gasteiger partial charge in [-0.3, -0.25) is 0 Å². The zero-order valence-corrected chi connectivity index (χ0v) is 16.2. The minimum Gasteiger partial charge on any atom is -0.493 e. The van der Waals surface area contributed by atoms with Crippen LogP contribution < -0.4 is 14.8 Å². The van der Waals surface area contributed by atoms with E-state index in [1.807, 2.05) is 32.0 Å². The molecule has 0 unspecified atom stereocenters. The van der Waals surface area contributed by atoms with Crippen molar-refractivity contribution in [2.24, 2.45) is 0 Å². The van der Waals surface area contributed by atoms with Gasteiger partial charge in [-0.15, -0.1) is 0 Å². The molecule has 0 aliphatic carbocycles. The first-order chi connectivity index (χ1) is 12.4. The number of nitrogens with one attached hydrogen (secondary N) is 1. The number of methoxy groups -OCH3 is 2. The number of hydrogen-bond donors (Lipinski definition) is 1. The van der Waals surface area contributed by atoms with Crippen molar-refractivity contribution in [3.05, 3.63) is 58.0 Å². The SMILES string of the molecule is COc1cc2c(cc1OC)/C(=C/S(=O)(=O)c1ccc(C)c(C)c1)NCC2. The van der Waals surface area contributed by atoms with Crippen molar-refractivity contribution >= 4 is 15.5 Å². The first kappa shape index (κ1) is 18.3. The van der Waals surface area contributed by atoms with Gasteiger partial charge in [0.25, 0.3) is 0 Å². The second kappa shape index (κ2) is 7.03. The third kappa shape index (κ3) is 3.42. The van der Waals surface area contributed by atoms with Gasteiger partial charge in [0, 0.05) is 12.1 Å². The summed E-state index contributed by atoms with van der Waals surface area (Å²) in [7, 11) is -0.419. The number of ether oxygens (including phenoxy) is 2. The third-order valence-electron chi connectivity index (χ3n) is 4.69. The summed E-state index contributed by atoms with van der Waals surface area (Å²) in [5, 5.41) is 4.51.